The van der Waals surface area contributed by atoms with Crippen molar-refractivity contribution in [2.24, 2.45) is 0 Å². The predicted molar refractivity (Wildman–Crippen MR) is 105 cm³/mol. The molecular weight excluding hydrogens is 364 g/mol. The van der Waals surface area contributed by atoms with Gasteiger partial charge in [-0.1, -0.05) is 29.8 Å². The average molecular weight is 381 g/mol. The zero-order valence-corrected chi connectivity index (χ0v) is 15.4. The van der Waals surface area contributed by atoms with E-state index >= 15 is 0 Å². The molecule has 1 aliphatic rings. The second-order valence-electron chi connectivity index (χ2n) is 6.11. The molecule has 0 unspecified atom stereocenters. The number of carbonyl (C=O) groups excluding carboxylic acids is 1. The number of anilines is 3. The van der Waals surface area contributed by atoms with Gasteiger partial charge >= 0.3 is 0 Å². The van der Waals surface area contributed by atoms with E-state index < -0.39 is 0 Å². The zero-order chi connectivity index (χ0) is 18.8. The van der Waals surface area contributed by atoms with E-state index in [1.807, 2.05) is 12.1 Å². The van der Waals surface area contributed by atoms with Crippen molar-refractivity contribution in [3.63, 3.8) is 0 Å². The standard InChI is InChI=1S/C20H17ClN4O2/c1-27-18-8-6-14(21)12-16(18)22-20(26)15-7-9-19(24-23-15)25-11-10-13-4-2-3-5-17(13)25/h2-9,12H,10-11H2,1H3,(H,22,26). The lowest BCUT2D eigenvalue weighted by atomic mass is 10.2. The summed E-state index contributed by atoms with van der Waals surface area (Å²) in [4.78, 5) is 14.6. The molecule has 0 aliphatic carbocycles. The van der Waals surface area contributed by atoms with Crippen LogP contribution in [-0.2, 0) is 6.42 Å². The number of benzene rings is 2. The van der Waals surface area contributed by atoms with Gasteiger partial charge in [-0.3, -0.25) is 4.79 Å². The van der Waals surface area contributed by atoms with Gasteiger partial charge in [0, 0.05) is 17.3 Å². The normalized spacial score (nSPS) is 12.6. The Kier molecular flexibility index (Phi) is 4.64. The van der Waals surface area contributed by atoms with Crippen LogP contribution in [0.2, 0.25) is 5.02 Å². The molecule has 27 heavy (non-hydrogen) atoms. The van der Waals surface area contributed by atoms with Crippen LogP contribution in [0.3, 0.4) is 0 Å². The third-order valence-corrected chi connectivity index (χ3v) is 4.69. The fraction of sp³-hybridized carbons (Fsp3) is 0.150. The number of hydrogen-bond acceptors (Lipinski definition) is 5. The third kappa shape index (κ3) is 3.44. The number of para-hydroxylation sites is 1. The third-order valence-electron chi connectivity index (χ3n) is 4.46. The number of ether oxygens (including phenoxy) is 1. The highest BCUT2D eigenvalue weighted by atomic mass is 35.5. The summed E-state index contributed by atoms with van der Waals surface area (Å²) in [5.41, 5.74) is 3.12. The molecule has 0 spiro atoms. The number of fused-ring (bicyclic) bond motifs is 1. The summed E-state index contributed by atoms with van der Waals surface area (Å²) < 4.78 is 5.24. The number of halogens is 1. The molecular formula is C20H17ClN4O2. The summed E-state index contributed by atoms with van der Waals surface area (Å²) in [7, 11) is 1.53. The lowest BCUT2D eigenvalue weighted by molar-refractivity contribution is 0.102. The Balaban J connectivity index is 1.53. The molecule has 4 rings (SSSR count). The molecule has 136 valence electrons. The van der Waals surface area contributed by atoms with E-state index in [0.29, 0.717) is 16.5 Å². The number of nitrogens with zero attached hydrogens (tertiary/aromatic N) is 3. The number of carbonyl (C=O) groups is 1. The van der Waals surface area contributed by atoms with Gasteiger partial charge < -0.3 is 15.0 Å². The van der Waals surface area contributed by atoms with E-state index in [2.05, 4.69) is 32.5 Å². The molecule has 2 aromatic carbocycles. The number of aromatic nitrogens is 2. The maximum absolute atomic E-state index is 12.5. The first-order valence-electron chi connectivity index (χ1n) is 8.50. The van der Waals surface area contributed by atoms with Gasteiger partial charge in [-0.2, -0.15) is 0 Å². The fourth-order valence-electron chi connectivity index (χ4n) is 3.13. The Morgan fingerprint density at radius 2 is 2.00 bits per heavy atom. The topological polar surface area (TPSA) is 67.3 Å². The minimum atomic E-state index is -0.378. The second kappa shape index (κ2) is 7.25. The van der Waals surface area contributed by atoms with E-state index in [1.165, 1.54) is 12.7 Å². The second-order valence-corrected chi connectivity index (χ2v) is 6.54. The molecule has 1 aromatic heterocycles. The minimum Gasteiger partial charge on any atom is -0.495 e. The Morgan fingerprint density at radius 3 is 2.78 bits per heavy atom. The Labute approximate surface area is 161 Å². The van der Waals surface area contributed by atoms with Crippen LogP contribution in [0.5, 0.6) is 5.75 Å². The number of methoxy groups -OCH3 is 1. The average Bonchev–Trinajstić information content (AvgIpc) is 3.12. The van der Waals surface area contributed by atoms with Gasteiger partial charge in [-0.25, -0.2) is 0 Å². The van der Waals surface area contributed by atoms with Gasteiger partial charge in [0.15, 0.2) is 11.5 Å². The largest absolute Gasteiger partial charge is 0.495 e. The van der Waals surface area contributed by atoms with Crippen molar-refractivity contribution in [1.29, 1.82) is 0 Å². The lowest BCUT2D eigenvalue weighted by Gasteiger charge is -2.17. The molecule has 0 bridgehead atoms. The van der Waals surface area contributed by atoms with Crippen molar-refractivity contribution in [3.8, 4) is 5.75 Å². The highest BCUT2D eigenvalue weighted by Crippen LogP contribution is 2.33. The van der Waals surface area contributed by atoms with Crippen LogP contribution in [-0.4, -0.2) is 29.8 Å². The summed E-state index contributed by atoms with van der Waals surface area (Å²) in [6.45, 7) is 0.847. The van der Waals surface area contributed by atoms with Crippen LogP contribution in [0.15, 0.2) is 54.6 Å². The Bertz CT molecular complexity index is 992. The van der Waals surface area contributed by atoms with Gasteiger partial charge in [0.25, 0.3) is 5.91 Å². The molecule has 0 saturated carbocycles. The van der Waals surface area contributed by atoms with Crippen molar-refractivity contribution in [3.05, 3.63) is 70.9 Å². The summed E-state index contributed by atoms with van der Waals surface area (Å²) in [5.74, 6) is 0.860. The molecule has 1 amide bonds. The first-order valence-corrected chi connectivity index (χ1v) is 8.87. The maximum atomic E-state index is 12.5. The first-order chi connectivity index (χ1) is 13.2. The molecule has 1 N–H and O–H groups in total. The summed E-state index contributed by atoms with van der Waals surface area (Å²) >= 11 is 6.00. The van der Waals surface area contributed by atoms with Crippen molar-refractivity contribution >= 4 is 34.7 Å². The van der Waals surface area contributed by atoms with E-state index in [1.54, 1.807) is 30.3 Å². The maximum Gasteiger partial charge on any atom is 0.276 e. The minimum absolute atomic E-state index is 0.216. The number of nitrogens with one attached hydrogen (secondary N) is 1. The zero-order valence-electron chi connectivity index (χ0n) is 14.6. The Morgan fingerprint density at radius 1 is 1.15 bits per heavy atom. The Hall–Kier alpha value is -3.12. The van der Waals surface area contributed by atoms with Crippen LogP contribution < -0.4 is 15.0 Å². The molecule has 0 fully saturated rings. The van der Waals surface area contributed by atoms with Crippen molar-refractivity contribution in [1.82, 2.24) is 10.2 Å². The molecule has 7 heteroatoms. The van der Waals surface area contributed by atoms with E-state index in [4.69, 9.17) is 16.3 Å². The fourth-order valence-corrected chi connectivity index (χ4v) is 3.30. The summed E-state index contributed by atoms with van der Waals surface area (Å²) in [6.07, 6.45) is 0.967. The van der Waals surface area contributed by atoms with E-state index in [-0.39, 0.29) is 11.6 Å². The van der Waals surface area contributed by atoms with Gasteiger partial charge in [0.05, 0.1) is 12.8 Å². The predicted octanol–water partition coefficient (Wildman–Crippen LogP) is 4.09. The van der Waals surface area contributed by atoms with Crippen LogP contribution in [0.4, 0.5) is 17.2 Å². The summed E-state index contributed by atoms with van der Waals surface area (Å²) in [5, 5.41) is 11.6. The van der Waals surface area contributed by atoms with Gasteiger partial charge in [0.1, 0.15) is 5.75 Å². The van der Waals surface area contributed by atoms with Crippen molar-refractivity contribution in [2.45, 2.75) is 6.42 Å². The number of rotatable bonds is 4. The highest BCUT2D eigenvalue weighted by Gasteiger charge is 2.21. The molecule has 6 nitrogen and oxygen atoms in total. The van der Waals surface area contributed by atoms with Gasteiger partial charge in [-0.05, 0) is 48.4 Å². The summed E-state index contributed by atoms with van der Waals surface area (Å²) in [6, 6.07) is 16.7. The molecule has 0 atom stereocenters. The van der Waals surface area contributed by atoms with Crippen LogP contribution in [0, 0.1) is 0 Å². The number of hydrogen-bond donors (Lipinski definition) is 1. The van der Waals surface area contributed by atoms with E-state index in [0.717, 1.165) is 24.5 Å². The molecule has 0 saturated heterocycles. The van der Waals surface area contributed by atoms with Gasteiger partial charge in [-0.15, -0.1) is 10.2 Å². The molecule has 2 heterocycles. The van der Waals surface area contributed by atoms with Crippen LogP contribution in [0.25, 0.3) is 0 Å². The van der Waals surface area contributed by atoms with Gasteiger partial charge in [0.2, 0.25) is 0 Å². The van der Waals surface area contributed by atoms with E-state index in [9.17, 15) is 4.79 Å². The monoisotopic (exact) mass is 380 g/mol. The molecule has 0 radical (unpaired) electrons. The van der Waals surface area contributed by atoms with Crippen LogP contribution in [0.1, 0.15) is 16.1 Å². The molecule has 1 aliphatic heterocycles. The lowest BCUT2D eigenvalue weighted by Crippen LogP contribution is -2.18. The van der Waals surface area contributed by atoms with Crippen molar-refractivity contribution in [2.75, 3.05) is 23.9 Å². The van der Waals surface area contributed by atoms with Crippen LogP contribution >= 0.6 is 11.6 Å². The van der Waals surface area contributed by atoms with Crippen molar-refractivity contribution < 1.29 is 9.53 Å². The SMILES string of the molecule is COc1ccc(Cl)cc1NC(=O)c1ccc(N2CCc3ccccc32)nn1. The smallest absolute Gasteiger partial charge is 0.276 e. The molecule has 3 aromatic rings. The first kappa shape index (κ1) is 17.3. The quantitative estimate of drug-likeness (QED) is 0.738. The highest BCUT2D eigenvalue weighted by molar-refractivity contribution is 6.31. The number of amides is 1.